The van der Waals surface area contributed by atoms with Gasteiger partial charge in [0, 0.05) is 23.3 Å². The molecule has 0 bridgehead atoms. The van der Waals surface area contributed by atoms with E-state index in [1.54, 1.807) is 43.3 Å². The fourth-order valence-corrected chi connectivity index (χ4v) is 2.62. The highest BCUT2D eigenvalue weighted by Gasteiger charge is 2.23. The number of nitro groups is 2. The minimum Gasteiger partial charge on any atom is -0.443 e. The van der Waals surface area contributed by atoms with Gasteiger partial charge in [-0.2, -0.15) is 0 Å². The Balaban J connectivity index is 2.02. The zero-order valence-corrected chi connectivity index (χ0v) is 14.7. The second kappa shape index (κ2) is 7.67. The van der Waals surface area contributed by atoms with Crippen molar-refractivity contribution in [3.8, 4) is 11.5 Å². The fraction of sp³-hybridized carbons (Fsp3) is 0.0500. The molecule has 28 heavy (non-hydrogen) atoms. The van der Waals surface area contributed by atoms with E-state index in [2.05, 4.69) is 0 Å². The summed E-state index contributed by atoms with van der Waals surface area (Å²) in [4.78, 5) is 33.9. The molecule has 140 valence electrons. The van der Waals surface area contributed by atoms with Crippen molar-refractivity contribution in [2.45, 2.75) is 6.92 Å². The Kier molecular flexibility index (Phi) is 5.12. The van der Waals surface area contributed by atoms with E-state index in [1.807, 2.05) is 0 Å². The van der Waals surface area contributed by atoms with E-state index in [9.17, 15) is 25.0 Å². The maximum absolute atomic E-state index is 12.5. The molecule has 0 saturated carbocycles. The predicted octanol–water partition coefficient (Wildman–Crippen LogP) is 4.83. The molecule has 0 aliphatic carbocycles. The molecule has 0 radical (unpaired) electrons. The average Bonchev–Trinajstić information content (AvgIpc) is 2.68. The molecule has 3 rings (SSSR count). The number of hydrogen-bond donors (Lipinski definition) is 0. The van der Waals surface area contributed by atoms with Crippen LogP contribution in [-0.2, 0) is 0 Å². The van der Waals surface area contributed by atoms with Crippen LogP contribution in [0, 0.1) is 27.2 Å². The predicted molar refractivity (Wildman–Crippen MR) is 101 cm³/mol. The van der Waals surface area contributed by atoms with Gasteiger partial charge in [-0.3, -0.25) is 25.0 Å². The second-order valence-corrected chi connectivity index (χ2v) is 5.97. The lowest BCUT2D eigenvalue weighted by Gasteiger charge is -2.09. The first-order chi connectivity index (χ1) is 13.4. The van der Waals surface area contributed by atoms with Crippen LogP contribution in [0.5, 0.6) is 11.5 Å². The monoisotopic (exact) mass is 378 g/mol. The molecule has 0 N–H and O–H groups in total. The van der Waals surface area contributed by atoms with Crippen LogP contribution < -0.4 is 4.74 Å². The molecule has 0 unspecified atom stereocenters. The smallest absolute Gasteiger partial charge is 0.312 e. The van der Waals surface area contributed by atoms with Gasteiger partial charge in [-0.15, -0.1) is 0 Å². The second-order valence-electron chi connectivity index (χ2n) is 5.97. The summed E-state index contributed by atoms with van der Waals surface area (Å²) in [7, 11) is 0. The van der Waals surface area contributed by atoms with Crippen molar-refractivity contribution < 1.29 is 19.4 Å². The molecule has 0 aromatic heterocycles. The van der Waals surface area contributed by atoms with E-state index in [1.165, 1.54) is 24.3 Å². The van der Waals surface area contributed by atoms with E-state index in [-0.39, 0.29) is 28.5 Å². The summed E-state index contributed by atoms with van der Waals surface area (Å²) in [5.74, 6) is -0.685. The SMILES string of the molecule is Cc1ccc([N+](=O)[O-])c(Oc2ccc(C(=O)c3ccccc3)cc2[N+](=O)[O-])c1. The Hall–Kier alpha value is -4.07. The number of aryl methyl sites for hydroxylation is 1. The Morgan fingerprint density at radius 1 is 0.786 bits per heavy atom. The normalized spacial score (nSPS) is 10.3. The zero-order chi connectivity index (χ0) is 20.3. The Morgan fingerprint density at radius 3 is 2.11 bits per heavy atom. The third-order valence-corrected chi connectivity index (χ3v) is 3.99. The molecule has 0 aliphatic rings. The minimum absolute atomic E-state index is 0.115. The van der Waals surface area contributed by atoms with Crippen LogP contribution in [0.15, 0.2) is 66.7 Å². The third kappa shape index (κ3) is 3.85. The minimum atomic E-state index is -0.696. The van der Waals surface area contributed by atoms with Gasteiger partial charge < -0.3 is 4.74 Å². The number of carbonyl (C=O) groups excluding carboxylic acids is 1. The van der Waals surface area contributed by atoms with Gasteiger partial charge in [-0.05, 0) is 30.7 Å². The Labute approximate surface area is 159 Å². The van der Waals surface area contributed by atoms with Crippen LogP contribution in [0.25, 0.3) is 0 Å². The summed E-state index contributed by atoms with van der Waals surface area (Å²) < 4.78 is 5.49. The molecule has 3 aromatic rings. The average molecular weight is 378 g/mol. The highest BCUT2D eigenvalue weighted by atomic mass is 16.6. The first-order valence-electron chi connectivity index (χ1n) is 8.18. The summed E-state index contributed by atoms with van der Waals surface area (Å²) in [6, 6.07) is 16.3. The van der Waals surface area contributed by atoms with Crippen LogP contribution in [0.2, 0.25) is 0 Å². The summed E-state index contributed by atoms with van der Waals surface area (Å²) in [5.41, 5.74) is 0.421. The van der Waals surface area contributed by atoms with Gasteiger partial charge >= 0.3 is 11.4 Å². The van der Waals surface area contributed by atoms with Crippen molar-refractivity contribution in [2.24, 2.45) is 0 Å². The van der Waals surface area contributed by atoms with Crippen LogP contribution in [0.1, 0.15) is 21.5 Å². The van der Waals surface area contributed by atoms with Crippen LogP contribution in [0.3, 0.4) is 0 Å². The first-order valence-corrected chi connectivity index (χ1v) is 8.18. The molecule has 0 aliphatic heterocycles. The van der Waals surface area contributed by atoms with Gasteiger partial charge in [0.2, 0.25) is 11.5 Å². The van der Waals surface area contributed by atoms with Gasteiger partial charge in [0.05, 0.1) is 9.85 Å². The summed E-state index contributed by atoms with van der Waals surface area (Å²) in [6.07, 6.45) is 0. The van der Waals surface area contributed by atoms with Crippen molar-refractivity contribution in [1.29, 1.82) is 0 Å². The van der Waals surface area contributed by atoms with Crippen LogP contribution in [-0.4, -0.2) is 15.6 Å². The van der Waals surface area contributed by atoms with Gasteiger partial charge in [0.25, 0.3) is 0 Å². The zero-order valence-electron chi connectivity index (χ0n) is 14.7. The topological polar surface area (TPSA) is 113 Å². The largest absolute Gasteiger partial charge is 0.443 e. The number of ketones is 1. The van der Waals surface area contributed by atoms with Crippen molar-refractivity contribution in [2.75, 3.05) is 0 Å². The Morgan fingerprint density at radius 2 is 1.46 bits per heavy atom. The van der Waals surface area contributed by atoms with E-state index in [0.717, 1.165) is 6.07 Å². The summed E-state index contributed by atoms with van der Waals surface area (Å²) in [5, 5.41) is 22.7. The number of nitrogens with zero attached hydrogens (tertiary/aromatic N) is 2. The molecular formula is C20H14N2O6. The standard InChI is InChI=1S/C20H14N2O6/c1-13-7-9-16(21(24)25)19(11-13)28-18-10-8-15(12-17(18)22(26)27)20(23)14-5-3-2-4-6-14/h2-12H,1H3. The number of benzene rings is 3. The number of carbonyl (C=O) groups is 1. The number of rotatable bonds is 6. The maximum Gasteiger partial charge on any atom is 0.312 e. The lowest BCUT2D eigenvalue weighted by atomic mass is 10.0. The van der Waals surface area contributed by atoms with Gasteiger partial charge in [-0.25, -0.2) is 0 Å². The molecule has 0 amide bonds. The summed E-state index contributed by atoms with van der Waals surface area (Å²) >= 11 is 0. The molecular weight excluding hydrogens is 364 g/mol. The van der Waals surface area contributed by atoms with Crippen LogP contribution in [0.4, 0.5) is 11.4 Å². The van der Waals surface area contributed by atoms with Crippen molar-refractivity contribution in [3.05, 3.63) is 104 Å². The number of hydrogen-bond acceptors (Lipinski definition) is 6. The lowest BCUT2D eigenvalue weighted by Crippen LogP contribution is -2.03. The number of ether oxygens (including phenoxy) is 1. The molecule has 0 spiro atoms. The van der Waals surface area contributed by atoms with E-state index in [0.29, 0.717) is 11.1 Å². The quantitative estimate of drug-likeness (QED) is 0.345. The molecule has 0 fully saturated rings. The van der Waals surface area contributed by atoms with Crippen molar-refractivity contribution in [3.63, 3.8) is 0 Å². The van der Waals surface area contributed by atoms with E-state index in [4.69, 9.17) is 4.74 Å². The van der Waals surface area contributed by atoms with Crippen molar-refractivity contribution >= 4 is 17.2 Å². The van der Waals surface area contributed by atoms with Gasteiger partial charge in [-0.1, -0.05) is 36.4 Å². The lowest BCUT2D eigenvalue weighted by molar-refractivity contribution is -0.387. The summed E-state index contributed by atoms with van der Waals surface area (Å²) in [6.45, 7) is 1.71. The Bertz CT molecular complexity index is 1080. The van der Waals surface area contributed by atoms with Crippen LogP contribution >= 0.6 is 0 Å². The van der Waals surface area contributed by atoms with E-state index >= 15 is 0 Å². The maximum atomic E-state index is 12.5. The van der Waals surface area contributed by atoms with Crippen molar-refractivity contribution in [1.82, 2.24) is 0 Å². The first kappa shape index (κ1) is 18.7. The molecule has 0 atom stereocenters. The van der Waals surface area contributed by atoms with Gasteiger partial charge in [0.15, 0.2) is 5.78 Å². The molecule has 8 heteroatoms. The highest BCUT2D eigenvalue weighted by Crippen LogP contribution is 2.37. The molecule has 0 heterocycles. The molecule has 3 aromatic carbocycles. The third-order valence-electron chi connectivity index (χ3n) is 3.99. The highest BCUT2D eigenvalue weighted by molar-refractivity contribution is 6.09. The fourth-order valence-electron chi connectivity index (χ4n) is 2.62. The van der Waals surface area contributed by atoms with Gasteiger partial charge in [0.1, 0.15) is 0 Å². The molecule has 8 nitrogen and oxygen atoms in total. The molecule has 0 saturated heterocycles. The number of nitro benzene ring substituents is 2. The van der Waals surface area contributed by atoms with E-state index < -0.39 is 15.5 Å².